The molecule has 0 aliphatic carbocycles. The minimum absolute atomic E-state index is 0.0525. The van der Waals surface area contributed by atoms with E-state index in [1.54, 1.807) is 30.3 Å². The van der Waals surface area contributed by atoms with Gasteiger partial charge in [-0.05, 0) is 30.3 Å². The zero-order chi connectivity index (χ0) is 16.6. The Morgan fingerprint density at radius 3 is 2.39 bits per heavy atom. The number of carbonyl (C=O) groups is 1. The summed E-state index contributed by atoms with van der Waals surface area (Å²) in [5.41, 5.74) is 8.60. The number of aromatic hydroxyl groups is 1. The van der Waals surface area contributed by atoms with Gasteiger partial charge in [0.1, 0.15) is 0 Å². The normalized spacial score (nSPS) is 13.3. The van der Waals surface area contributed by atoms with Crippen LogP contribution in [0.3, 0.4) is 0 Å². The van der Waals surface area contributed by atoms with E-state index in [0.29, 0.717) is 28.2 Å². The van der Waals surface area contributed by atoms with Crippen LogP contribution in [-0.4, -0.2) is 30.8 Å². The molecule has 1 heterocycles. The smallest absolute Gasteiger partial charge is 0.200 e. The molecule has 118 valence electrons. The minimum Gasteiger partial charge on any atom is -0.502 e. The highest BCUT2D eigenvalue weighted by Gasteiger charge is 2.23. The van der Waals surface area contributed by atoms with E-state index in [4.69, 9.17) is 15.2 Å². The van der Waals surface area contributed by atoms with Gasteiger partial charge >= 0.3 is 0 Å². The quantitative estimate of drug-likeness (QED) is 0.850. The van der Waals surface area contributed by atoms with Gasteiger partial charge in [0.2, 0.25) is 5.75 Å². The molecule has 3 rings (SSSR count). The van der Waals surface area contributed by atoms with Gasteiger partial charge in [0, 0.05) is 16.8 Å². The number of nitrogen functional groups attached to an aromatic ring is 1. The molecule has 0 saturated heterocycles. The first kappa shape index (κ1) is 14.9. The van der Waals surface area contributed by atoms with Gasteiger partial charge in [0.25, 0.3) is 0 Å². The Morgan fingerprint density at radius 1 is 1.13 bits per heavy atom. The van der Waals surface area contributed by atoms with Gasteiger partial charge in [0.05, 0.1) is 32.0 Å². The zero-order valence-corrected chi connectivity index (χ0v) is 12.8. The second-order valence-corrected chi connectivity index (χ2v) is 5.16. The highest BCUT2D eigenvalue weighted by atomic mass is 16.5. The number of phenolic OH excluding ortho intramolecular Hbond substituents is 1. The van der Waals surface area contributed by atoms with Gasteiger partial charge < -0.3 is 20.3 Å². The summed E-state index contributed by atoms with van der Waals surface area (Å²) in [7, 11) is 2.90. The van der Waals surface area contributed by atoms with Gasteiger partial charge in [-0.15, -0.1) is 0 Å². The monoisotopic (exact) mass is 312 g/mol. The average molecular weight is 312 g/mol. The number of hydrogen-bond acceptors (Lipinski definition) is 6. The molecule has 0 atom stereocenters. The Bertz CT molecular complexity index is 802. The lowest BCUT2D eigenvalue weighted by Crippen LogP contribution is -2.15. The van der Waals surface area contributed by atoms with E-state index in [2.05, 4.69) is 4.99 Å². The summed E-state index contributed by atoms with van der Waals surface area (Å²) in [5, 5.41) is 9.98. The number of fused-ring (bicyclic) bond motifs is 1. The lowest BCUT2D eigenvalue weighted by molar-refractivity contribution is 0.1000. The first-order chi connectivity index (χ1) is 11.0. The SMILES string of the molecule is COc1cc(C2=Nc3ccc(N)cc3C(=O)C2)cc(OC)c1O. The lowest BCUT2D eigenvalue weighted by atomic mass is 9.95. The molecule has 2 aromatic carbocycles. The fourth-order valence-corrected chi connectivity index (χ4v) is 2.53. The van der Waals surface area contributed by atoms with Crippen molar-refractivity contribution in [2.24, 2.45) is 4.99 Å². The van der Waals surface area contributed by atoms with E-state index in [1.165, 1.54) is 14.2 Å². The maximum atomic E-state index is 12.3. The van der Waals surface area contributed by atoms with Crippen molar-refractivity contribution in [3.8, 4) is 17.2 Å². The third kappa shape index (κ3) is 2.59. The fourth-order valence-electron chi connectivity index (χ4n) is 2.53. The van der Waals surface area contributed by atoms with E-state index >= 15 is 0 Å². The molecular weight excluding hydrogens is 296 g/mol. The van der Waals surface area contributed by atoms with Crippen molar-refractivity contribution < 1.29 is 19.4 Å². The van der Waals surface area contributed by atoms with Crippen molar-refractivity contribution in [1.82, 2.24) is 0 Å². The van der Waals surface area contributed by atoms with Crippen molar-refractivity contribution in [3.63, 3.8) is 0 Å². The summed E-state index contributed by atoms with van der Waals surface area (Å²) in [6, 6.07) is 8.32. The standard InChI is InChI=1S/C17H16N2O4/c1-22-15-5-9(6-16(23-2)17(15)21)13-8-14(20)11-7-10(18)3-4-12(11)19-13/h3-7,21H,8,18H2,1-2H3. The van der Waals surface area contributed by atoms with Crippen LogP contribution >= 0.6 is 0 Å². The number of hydrogen-bond donors (Lipinski definition) is 2. The molecule has 1 aliphatic rings. The van der Waals surface area contributed by atoms with Gasteiger partial charge in [-0.3, -0.25) is 9.79 Å². The molecule has 6 heteroatoms. The highest BCUT2D eigenvalue weighted by molar-refractivity contribution is 6.21. The minimum atomic E-state index is -0.0883. The first-order valence-electron chi connectivity index (χ1n) is 6.99. The molecule has 3 N–H and O–H groups in total. The third-order valence-corrected chi connectivity index (χ3v) is 3.72. The molecule has 0 radical (unpaired) electrons. The number of phenols is 1. The van der Waals surface area contributed by atoms with E-state index < -0.39 is 0 Å². The van der Waals surface area contributed by atoms with Gasteiger partial charge in [-0.2, -0.15) is 0 Å². The number of anilines is 1. The van der Waals surface area contributed by atoms with Crippen molar-refractivity contribution >= 4 is 22.9 Å². The summed E-state index contributed by atoms with van der Waals surface area (Å²) in [6.45, 7) is 0. The number of benzene rings is 2. The number of aliphatic imine (C=N–C) groups is 1. The topological polar surface area (TPSA) is 94.1 Å². The number of ether oxygens (including phenoxy) is 2. The summed E-state index contributed by atoms with van der Waals surface area (Å²) >= 11 is 0. The molecule has 1 aliphatic heterocycles. The summed E-state index contributed by atoms with van der Waals surface area (Å²) in [4.78, 5) is 16.9. The van der Waals surface area contributed by atoms with Crippen LogP contribution < -0.4 is 15.2 Å². The molecule has 6 nitrogen and oxygen atoms in total. The number of methoxy groups -OCH3 is 2. The second-order valence-electron chi connectivity index (χ2n) is 5.16. The van der Waals surface area contributed by atoms with E-state index in [-0.39, 0.29) is 29.5 Å². The molecular formula is C17H16N2O4. The number of carbonyl (C=O) groups excluding carboxylic acids is 1. The number of Topliss-reactive ketones (excluding diaryl/α,β-unsaturated/α-hetero) is 1. The second kappa shape index (κ2) is 5.64. The predicted molar refractivity (Wildman–Crippen MR) is 87.2 cm³/mol. The summed E-state index contributed by atoms with van der Waals surface area (Å²) in [5.74, 6) is 0.383. The summed E-state index contributed by atoms with van der Waals surface area (Å²) < 4.78 is 10.3. The highest BCUT2D eigenvalue weighted by Crippen LogP contribution is 2.38. The Kier molecular flexibility index (Phi) is 3.65. The first-order valence-corrected chi connectivity index (χ1v) is 6.99. The number of rotatable bonds is 3. The fraction of sp³-hybridized carbons (Fsp3) is 0.176. The van der Waals surface area contributed by atoms with Gasteiger partial charge in [0.15, 0.2) is 17.3 Å². The largest absolute Gasteiger partial charge is 0.502 e. The molecule has 0 aromatic heterocycles. The molecule has 0 fully saturated rings. The Hall–Kier alpha value is -3.02. The Morgan fingerprint density at radius 2 is 1.78 bits per heavy atom. The Labute approximate surface area is 133 Å². The van der Waals surface area contributed by atoms with E-state index in [9.17, 15) is 9.90 Å². The molecule has 0 unspecified atom stereocenters. The molecule has 2 aromatic rings. The van der Waals surface area contributed by atoms with Crippen LogP contribution in [0.2, 0.25) is 0 Å². The van der Waals surface area contributed by atoms with Crippen LogP contribution in [0, 0.1) is 0 Å². The molecule has 0 spiro atoms. The van der Waals surface area contributed by atoms with Crippen molar-refractivity contribution in [1.29, 1.82) is 0 Å². The zero-order valence-electron chi connectivity index (χ0n) is 12.8. The van der Waals surface area contributed by atoms with Crippen LogP contribution in [0.15, 0.2) is 35.3 Å². The van der Waals surface area contributed by atoms with Crippen molar-refractivity contribution in [2.45, 2.75) is 6.42 Å². The average Bonchev–Trinajstić information content (AvgIpc) is 2.55. The van der Waals surface area contributed by atoms with Crippen LogP contribution in [-0.2, 0) is 0 Å². The maximum absolute atomic E-state index is 12.3. The number of nitrogens with zero attached hydrogens (tertiary/aromatic N) is 1. The maximum Gasteiger partial charge on any atom is 0.200 e. The predicted octanol–water partition coefficient (Wildman–Crippen LogP) is 2.70. The van der Waals surface area contributed by atoms with Crippen LogP contribution in [0.5, 0.6) is 17.2 Å². The van der Waals surface area contributed by atoms with Crippen molar-refractivity contribution in [3.05, 3.63) is 41.5 Å². The summed E-state index contributed by atoms with van der Waals surface area (Å²) in [6.07, 6.45) is 0.146. The number of nitrogens with two attached hydrogens (primary N) is 1. The van der Waals surface area contributed by atoms with E-state index in [1.807, 2.05) is 0 Å². The van der Waals surface area contributed by atoms with Crippen LogP contribution in [0.4, 0.5) is 11.4 Å². The Balaban J connectivity index is 2.12. The van der Waals surface area contributed by atoms with E-state index in [0.717, 1.165) is 0 Å². The van der Waals surface area contributed by atoms with Gasteiger partial charge in [-0.25, -0.2) is 0 Å². The molecule has 23 heavy (non-hydrogen) atoms. The number of ketones is 1. The molecule has 0 amide bonds. The van der Waals surface area contributed by atoms with Gasteiger partial charge in [-0.1, -0.05) is 0 Å². The molecule has 0 bridgehead atoms. The lowest BCUT2D eigenvalue weighted by Gasteiger charge is -2.17. The van der Waals surface area contributed by atoms with Crippen LogP contribution in [0.1, 0.15) is 22.3 Å². The van der Waals surface area contributed by atoms with Crippen molar-refractivity contribution in [2.75, 3.05) is 20.0 Å². The molecule has 0 saturated carbocycles. The third-order valence-electron chi connectivity index (χ3n) is 3.72. The van der Waals surface area contributed by atoms with Crippen LogP contribution in [0.25, 0.3) is 0 Å².